The molecule has 2 aromatic carbocycles. The lowest BCUT2D eigenvalue weighted by molar-refractivity contribution is -0.384. The van der Waals surface area contributed by atoms with Crippen molar-refractivity contribution in [2.45, 2.75) is 4.90 Å². The molecule has 0 aliphatic rings. The summed E-state index contributed by atoms with van der Waals surface area (Å²) in [6.45, 7) is 0.735. The molecule has 0 heterocycles. The van der Waals surface area contributed by atoms with Crippen molar-refractivity contribution in [1.82, 2.24) is 0 Å². The third-order valence-electron chi connectivity index (χ3n) is 3.12. The van der Waals surface area contributed by atoms with Crippen LogP contribution in [0.4, 0.5) is 17.1 Å². The fourth-order valence-corrected chi connectivity index (χ4v) is 3.07. The van der Waals surface area contributed by atoms with Crippen LogP contribution in [0.25, 0.3) is 0 Å². The molecule has 2 aromatic rings. The van der Waals surface area contributed by atoms with Gasteiger partial charge in [0.25, 0.3) is 15.7 Å². The van der Waals surface area contributed by atoms with E-state index in [0.717, 1.165) is 6.07 Å². The molecule has 0 atom stereocenters. The molecule has 24 heavy (non-hydrogen) atoms. The summed E-state index contributed by atoms with van der Waals surface area (Å²) in [5.74, 6) is 0. The van der Waals surface area contributed by atoms with E-state index in [2.05, 4.69) is 10.0 Å². The number of anilines is 2. The second kappa shape index (κ2) is 7.75. The second-order valence-electron chi connectivity index (χ2n) is 4.83. The Morgan fingerprint density at radius 2 is 1.88 bits per heavy atom. The molecule has 0 fully saturated rings. The number of hydrogen-bond donors (Lipinski definition) is 2. The van der Waals surface area contributed by atoms with Crippen molar-refractivity contribution >= 4 is 27.1 Å². The molecule has 0 saturated heterocycles. The fraction of sp³-hybridized carbons (Fsp3) is 0.200. The van der Waals surface area contributed by atoms with Crippen LogP contribution in [0, 0.1) is 10.1 Å². The first-order valence-corrected chi connectivity index (χ1v) is 8.51. The van der Waals surface area contributed by atoms with Crippen molar-refractivity contribution in [3.63, 3.8) is 0 Å². The normalized spacial score (nSPS) is 11.0. The molecule has 9 heteroatoms. The number of rotatable bonds is 8. The highest BCUT2D eigenvalue weighted by molar-refractivity contribution is 7.92. The largest absolute Gasteiger partial charge is 0.383 e. The highest BCUT2D eigenvalue weighted by Crippen LogP contribution is 2.28. The monoisotopic (exact) mass is 351 g/mol. The van der Waals surface area contributed by atoms with Gasteiger partial charge in [-0.3, -0.25) is 14.8 Å². The highest BCUT2D eigenvalue weighted by atomic mass is 32.2. The van der Waals surface area contributed by atoms with Crippen LogP contribution in [0.3, 0.4) is 0 Å². The summed E-state index contributed by atoms with van der Waals surface area (Å²) < 4.78 is 32.0. The van der Waals surface area contributed by atoms with Crippen molar-refractivity contribution in [2.75, 3.05) is 30.3 Å². The molecule has 2 rings (SSSR count). The van der Waals surface area contributed by atoms with Crippen molar-refractivity contribution < 1.29 is 18.1 Å². The Hall–Kier alpha value is -2.65. The van der Waals surface area contributed by atoms with Gasteiger partial charge in [-0.25, -0.2) is 8.42 Å². The van der Waals surface area contributed by atoms with Gasteiger partial charge in [0, 0.05) is 25.4 Å². The van der Waals surface area contributed by atoms with Crippen LogP contribution >= 0.6 is 0 Å². The number of nitro groups is 1. The maximum absolute atomic E-state index is 12.4. The maximum atomic E-state index is 12.4. The molecule has 0 spiro atoms. The van der Waals surface area contributed by atoms with Gasteiger partial charge in [0.2, 0.25) is 0 Å². The molecule has 0 saturated carbocycles. The van der Waals surface area contributed by atoms with E-state index in [9.17, 15) is 18.5 Å². The molecule has 2 N–H and O–H groups in total. The average Bonchev–Trinajstić information content (AvgIpc) is 2.55. The predicted octanol–water partition coefficient (Wildman–Crippen LogP) is 2.45. The van der Waals surface area contributed by atoms with E-state index in [4.69, 9.17) is 4.74 Å². The smallest absolute Gasteiger partial charge is 0.293 e. The first kappa shape index (κ1) is 17.7. The minimum atomic E-state index is -3.92. The van der Waals surface area contributed by atoms with Crippen LogP contribution in [0.15, 0.2) is 53.4 Å². The van der Waals surface area contributed by atoms with Crippen LogP contribution in [0.5, 0.6) is 0 Å². The summed E-state index contributed by atoms with van der Waals surface area (Å²) in [6, 6.07) is 12.0. The summed E-state index contributed by atoms with van der Waals surface area (Å²) in [5, 5.41) is 14.1. The Morgan fingerprint density at radius 3 is 2.50 bits per heavy atom. The fourth-order valence-electron chi connectivity index (χ4n) is 1.99. The zero-order valence-corrected chi connectivity index (χ0v) is 13.7. The van der Waals surface area contributed by atoms with E-state index < -0.39 is 14.9 Å². The topological polar surface area (TPSA) is 111 Å². The quantitative estimate of drug-likeness (QED) is 0.429. The number of ether oxygens (including phenoxy) is 1. The van der Waals surface area contributed by atoms with Crippen LogP contribution in [-0.2, 0) is 14.8 Å². The van der Waals surface area contributed by atoms with Gasteiger partial charge in [-0.15, -0.1) is 0 Å². The lowest BCUT2D eigenvalue weighted by Gasteiger charge is -2.10. The van der Waals surface area contributed by atoms with E-state index in [1.165, 1.54) is 19.2 Å². The van der Waals surface area contributed by atoms with E-state index in [1.54, 1.807) is 30.3 Å². The number of benzene rings is 2. The molecular weight excluding hydrogens is 334 g/mol. The molecule has 128 valence electrons. The highest BCUT2D eigenvalue weighted by Gasteiger charge is 2.21. The molecule has 0 aromatic heterocycles. The first-order valence-electron chi connectivity index (χ1n) is 7.03. The number of nitro benzene ring substituents is 1. The minimum absolute atomic E-state index is 0.185. The molecule has 0 bridgehead atoms. The summed E-state index contributed by atoms with van der Waals surface area (Å²) in [7, 11) is -2.40. The molecule has 0 amide bonds. The molecule has 8 nitrogen and oxygen atoms in total. The van der Waals surface area contributed by atoms with E-state index in [-0.39, 0.29) is 16.3 Å². The zero-order valence-electron chi connectivity index (χ0n) is 12.9. The third kappa shape index (κ3) is 4.43. The average molecular weight is 351 g/mol. The zero-order chi connectivity index (χ0) is 17.6. The van der Waals surface area contributed by atoms with E-state index in [0.29, 0.717) is 18.8 Å². The van der Waals surface area contributed by atoms with Gasteiger partial charge < -0.3 is 10.1 Å². The number of methoxy groups -OCH3 is 1. The molecule has 0 unspecified atom stereocenters. The standard InChI is InChI=1S/C15H17N3O5S/c1-23-10-9-16-14-8-7-13(11-15(14)18(19)20)24(21,22)17-12-5-3-2-4-6-12/h2-8,11,16-17H,9-10H2,1H3. The summed E-state index contributed by atoms with van der Waals surface area (Å²) >= 11 is 0. The number of para-hydroxylation sites is 1. The summed E-state index contributed by atoms with van der Waals surface area (Å²) in [5.41, 5.74) is 0.292. The SMILES string of the molecule is COCCNc1ccc(S(=O)(=O)Nc2ccccc2)cc1[N+](=O)[O-]. The van der Waals surface area contributed by atoms with E-state index in [1.807, 2.05) is 0 Å². The van der Waals surface area contributed by atoms with Gasteiger partial charge in [0.15, 0.2) is 0 Å². The van der Waals surface area contributed by atoms with Gasteiger partial charge >= 0.3 is 0 Å². The number of sulfonamides is 1. The predicted molar refractivity (Wildman–Crippen MR) is 90.7 cm³/mol. The van der Waals surface area contributed by atoms with Crippen molar-refractivity contribution in [1.29, 1.82) is 0 Å². The third-order valence-corrected chi connectivity index (χ3v) is 4.50. The Labute approximate surface area is 139 Å². The van der Waals surface area contributed by atoms with Crippen molar-refractivity contribution in [3.8, 4) is 0 Å². The Morgan fingerprint density at radius 1 is 1.17 bits per heavy atom. The lowest BCUT2D eigenvalue weighted by atomic mass is 10.2. The summed E-state index contributed by atoms with van der Waals surface area (Å²) in [6.07, 6.45) is 0. The molecule has 0 radical (unpaired) electrons. The van der Waals surface area contributed by atoms with Gasteiger partial charge in [0.05, 0.1) is 16.4 Å². The van der Waals surface area contributed by atoms with Gasteiger partial charge in [0.1, 0.15) is 5.69 Å². The van der Waals surface area contributed by atoms with Crippen molar-refractivity contribution in [3.05, 3.63) is 58.6 Å². The number of nitrogens with zero attached hydrogens (tertiary/aromatic N) is 1. The number of nitrogens with one attached hydrogen (secondary N) is 2. The van der Waals surface area contributed by atoms with Crippen LogP contribution in [-0.4, -0.2) is 33.6 Å². The lowest BCUT2D eigenvalue weighted by Crippen LogP contribution is -2.14. The Kier molecular flexibility index (Phi) is 5.72. The van der Waals surface area contributed by atoms with Gasteiger partial charge in [-0.2, -0.15) is 0 Å². The summed E-state index contributed by atoms with van der Waals surface area (Å²) in [4.78, 5) is 10.4. The maximum Gasteiger partial charge on any atom is 0.293 e. The second-order valence-corrected chi connectivity index (χ2v) is 6.51. The van der Waals surface area contributed by atoms with E-state index >= 15 is 0 Å². The molecular formula is C15H17N3O5S. The van der Waals surface area contributed by atoms with Crippen molar-refractivity contribution in [2.24, 2.45) is 0 Å². The van der Waals surface area contributed by atoms with Crippen LogP contribution in [0.1, 0.15) is 0 Å². The first-order chi connectivity index (χ1) is 11.4. The van der Waals surface area contributed by atoms with Crippen LogP contribution in [0.2, 0.25) is 0 Å². The van der Waals surface area contributed by atoms with Gasteiger partial charge in [-0.05, 0) is 24.3 Å². The Bertz CT molecular complexity index is 809. The number of hydrogen-bond acceptors (Lipinski definition) is 6. The molecule has 0 aliphatic carbocycles. The minimum Gasteiger partial charge on any atom is -0.383 e. The van der Waals surface area contributed by atoms with Gasteiger partial charge in [-0.1, -0.05) is 18.2 Å². The Balaban J connectivity index is 2.30. The molecule has 0 aliphatic heterocycles. The van der Waals surface area contributed by atoms with Crippen LogP contribution < -0.4 is 10.0 Å².